The minimum absolute atomic E-state index is 0.236. The zero-order valence-electron chi connectivity index (χ0n) is 8.21. The van der Waals surface area contributed by atoms with Gasteiger partial charge in [-0.1, -0.05) is 0 Å². The van der Waals surface area contributed by atoms with Crippen molar-refractivity contribution in [2.75, 3.05) is 13.1 Å². The van der Waals surface area contributed by atoms with Crippen LogP contribution >= 0.6 is 95.6 Å². The molecule has 4 nitrogen and oxygen atoms in total. The lowest BCUT2D eigenvalue weighted by atomic mass is 10.4. The van der Waals surface area contributed by atoms with Crippen LogP contribution in [-0.2, 0) is 9.59 Å². The second-order valence-corrected chi connectivity index (χ2v) is 16.4. The van der Waals surface area contributed by atoms with Crippen molar-refractivity contribution in [2.24, 2.45) is 0 Å². The molecular formula is C7H8Br6N2O2. The first-order valence-corrected chi connectivity index (χ1v) is 9.01. The molecule has 0 heterocycles. The van der Waals surface area contributed by atoms with Crippen LogP contribution in [0, 0.1) is 0 Å². The molecular weight excluding hydrogens is 624 g/mol. The molecule has 0 saturated heterocycles. The molecule has 2 N–H and O–H groups in total. The number of alkyl halides is 6. The molecule has 0 unspecified atom stereocenters. The Morgan fingerprint density at radius 1 is 0.765 bits per heavy atom. The predicted molar refractivity (Wildman–Crippen MR) is 89.7 cm³/mol. The van der Waals surface area contributed by atoms with E-state index >= 15 is 0 Å². The van der Waals surface area contributed by atoms with Crippen molar-refractivity contribution in [3.05, 3.63) is 0 Å². The summed E-state index contributed by atoms with van der Waals surface area (Å²) in [6.45, 7) is 0.924. The maximum Gasteiger partial charge on any atom is 0.258 e. The minimum atomic E-state index is -0.938. The molecule has 0 aromatic carbocycles. The molecule has 10 heteroatoms. The standard InChI is InChI=1S/C7H8Br6N2O2/c8-6(9,10)4(16)14-2-1-3-15-5(17)7(11,12)13/h1-3H2,(H,14,16)(H,15,17). The quantitative estimate of drug-likeness (QED) is 0.370. The Hall–Kier alpha value is 1.82. The molecule has 2 amide bonds. The van der Waals surface area contributed by atoms with E-state index in [-0.39, 0.29) is 11.8 Å². The average molecular weight is 632 g/mol. The van der Waals surface area contributed by atoms with Crippen LogP contribution in [0.25, 0.3) is 0 Å². The average Bonchev–Trinajstić information content (AvgIpc) is 2.13. The van der Waals surface area contributed by atoms with Crippen LogP contribution in [0.4, 0.5) is 0 Å². The normalized spacial score (nSPS) is 12.1. The van der Waals surface area contributed by atoms with Gasteiger partial charge < -0.3 is 10.6 Å². The van der Waals surface area contributed by atoms with Gasteiger partial charge in [0.25, 0.3) is 11.8 Å². The number of halogens is 6. The highest BCUT2D eigenvalue weighted by Gasteiger charge is 2.29. The lowest BCUT2D eigenvalue weighted by Crippen LogP contribution is -2.37. The van der Waals surface area contributed by atoms with Crippen molar-refractivity contribution in [3.8, 4) is 0 Å². The fourth-order valence-corrected chi connectivity index (χ4v) is 1.53. The number of hydrogen-bond donors (Lipinski definition) is 2. The van der Waals surface area contributed by atoms with E-state index in [2.05, 4.69) is 106 Å². The first-order chi connectivity index (χ1) is 7.55. The Kier molecular flexibility index (Phi) is 9.06. The van der Waals surface area contributed by atoms with Gasteiger partial charge in [0.05, 0.1) is 0 Å². The highest BCUT2D eigenvalue weighted by molar-refractivity contribution is 9.40. The van der Waals surface area contributed by atoms with Crippen LogP contribution in [-0.4, -0.2) is 29.2 Å². The largest absolute Gasteiger partial charge is 0.353 e. The van der Waals surface area contributed by atoms with Crippen LogP contribution < -0.4 is 10.6 Å². The summed E-state index contributed by atoms with van der Waals surface area (Å²) in [7, 11) is 0. The van der Waals surface area contributed by atoms with Gasteiger partial charge in [-0.15, -0.1) is 0 Å². The van der Waals surface area contributed by atoms with Crippen molar-refractivity contribution < 1.29 is 9.59 Å². The third kappa shape index (κ3) is 9.37. The van der Waals surface area contributed by atoms with Crippen LogP contribution in [0.5, 0.6) is 0 Å². The third-order valence-corrected chi connectivity index (χ3v) is 3.60. The van der Waals surface area contributed by atoms with Crippen molar-refractivity contribution in [1.29, 1.82) is 0 Å². The minimum Gasteiger partial charge on any atom is -0.353 e. The van der Waals surface area contributed by atoms with Gasteiger partial charge in [-0.3, -0.25) is 9.59 Å². The fraction of sp³-hybridized carbons (Fsp3) is 0.714. The molecule has 0 radical (unpaired) electrons. The second-order valence-electron chi connectivity index (χ2n) is 2.86. The summed E-state index contributed by atoms with van der Waals surface area (Å²) in [4.78, 5) is 22.7. The zero-order chi connectivity index (χ0) is 13.7. The highest BCUT2D eigenvalue weighted by atomic mass is 80.0. The van der Waals surface area contributed by atoms with Crippen molar-refractivity contribution in [3.63, 3.8) is 0 Å². The van der Waals surface area contributed by atoms with E-state index in [0.717, 1.165) is 0 Å². The highest BCUT2D eigenvalue weighted by Crippen LogP contribution is 2.33. The second kappa shape index (κ2) is 8.18. The van der Waals surface area contributed by atoms with Crippen molar-refractivity contribution >= 4 is 107 Å². The molecule has 0 atom stereocenters. The monoisotopic (exact) mass is 626 g/mol. The van der Waals surface area contributed by atoms with Crippen LogP contribution in [0.2, 0.25) is 0 Å². The summed E-state index contributed by atoms with van der Waals surface area (Å²) in [5, 5.41) is 5.34. The molecule has 0 aliphatic heterocycles. The molecule has 0 aliphatic rings. The Morgan fingerprint density at radius 3 is 1.29 bits per heavy atom. The third-order valence-electron chi connectivity index (χ3n) is 1.44. The smallest absolute Gasteiger partial charge is 0.258 e. The summed E-state index contributed by atoms with van der Waals surface area (Å²) >= 11 is 18.6. The van der Waals surface area contributed by atoms with Gasteiger partial charge in [0, 0.05) is 13.1 Å². The summed E-state index contributed by atoms with van der Waals surface area (Å²) in [5.74, 6) is -0.473. The van der Waals surface area contributed by atoms with Gasteiger partial charge in [-0.05, 0) is 102 Å². The summed E-state index contributed by atoms with van der Waals surface area (Å²) in [5.41, 5.74) is 0. The fourth-order valence-electron chi connectivity index (χ4n) is 0.693. The molecule has 0 fully saturated rings. The Bertz CT molecular complexity index is 257. The predicted octanol–water partition coefficient (Wildman–Crippen LogP) is 3.29. The van der Waals surface area contributed by atoms with E-state index in [9.17, 15) is 9.59 Å². The van der Waals surface area contributed by atoms with E-state index < -0.39 is 4.29 Å². The number of carbonyl (C=O) groups is 2. The molecule has 0 spiro atoms. The number of hydrogen-bond acceptors (Lipinski definition) is 2. The molecule has 100 valence electrons. The number of carbonyl (C=O) groups excluding carboxylic acids is 2. The van der Waals surface area contributed by atoms with Crippen LogP contribution in [0.1, 0.15) is 6.42 Å². The topological polar surface area (TPSA) is 58.2 Å². The van der Waals surface area contributed by atoms with E-state index in [0.29, 0.717) is 19.5 Å². The zero-order valence-corrected chi connectivity index (χ0v) is 17.7. The first-order valence-electron chi connectivity index (χ1n) is 4.25. The van der Waals surface area contributed by atoms with Crippen LogP contribution in [0.15, 0.2) is 0 Å². The first kappa shape index (κ1) is 18.8. The molecule has 0 saturated carbocycles. The lowest BCUT2D eigenvalue weighted by Gasteiger charge is -2.14. The summed E-state index contributed by atoms with van der Waals surface area (Å²) < 4.78 is -1.88. The maximum absolute atomic E-state index is 11.4. The van der Waals surface area contributed by atoms with Gasteiger partial charge in [0.2, 0.25) is 4.29 Å². The molecule has 17 heavy (non-hydrogen) atoms. The van der Waals surface area contributed by atoms with Gasteiger partial charge in [0.1, 0.15) is 0 Å². The summed E-state index contributed by atoms with van der Waals surface area (Å²) in [6, 6.07) is 0. The van der Waals surface area contributed by atoms with Gasteiger partial charge in [0.15, 0.2) is 0 Å². The molecule has 0 bridgehead atoms. The molecule has 0 rings (SSSR count). The van der Waals surface area contributed by atoms with Crippen LogP contribution in [0.3, 0.4) is 0 Å². The maximum atomic E-state index is 11.4. The summed E-state index contributed by atoms with van der Waals surface area (Å²) in [6.07, 6.45) is 0.629. The van der Waals surface area contributed by atoms with E-state index in [1.54, 1.807) is 0 Å². The van der Waals surface area contributed by atoms with Gasteiger partial charge in [-0.2, -0.15) is 0 Å². The Morgan fingerprint density at radius 2 is 1.06 bits per heavy atom. The van der Waals surface area contributed by atoms with E-state index in [1.807, 2.05) is 0 Å². The SMILES string of the molecule is O=C(NCCCNC(=O)C(Br)(Br)Br)C(Br)(Br)Br. The Labute approximate surface area is 150 Å². The number of rotatable bonds is 4. The molecule has 0 aliphatic carbocycles. The van der Waals surface area contributed by atoms with Crippen molar-refractivity contribution in [1.82, 2.24) is 10.6 Å². The van der Waals surface area contributed by atoms with Gasteiger partial charge >= 0.3 is 0 Å². The lowest BCUT2D eigenvalue weighted by molar-refractivity contribution is -0.119. The molecule has 0 aromatic heterocycles. The number of nitrogens with one attached hydrogen (secondary N) is 2. The molecule has 0 aromatic rings. The van der Waals surface area contributed by atoms with Gasteiger partial charge in [-0.25, -0.2) is 0 Å². The number of amides is 2. The van der Waals surface area contributed by atoms with Crippen molar-refractivity contribution in [2.45, 2.75) is 10.7 Å². The van der Waals surface area contributed by atoms with E-state index in [1.165, 1.54) is 0 Å². The van der Waals surface area contributed by atoms with E-state index in [4.69, 9.17) is 0 Å². The Balaban J connectivity index is 3.68.